The van der Waals surface area contributed by atoms with Crippen molar-refractivity contribution in [1.29, 1.82) is 0 Å². The Labute approximate surface area is 156 Å². The van der Waals surface area contributed by atoms with Gasteiger partial charge in [-0.2, -0.15) is 8.78 Å². The van der Waals surface area contributed by atoms with Crippen LogP contribution in [-0.2, 0) is 17.0 Å². The lowest BCUT2D eigenvalue weighted by molar-refractivity contribution is 0.0332. The van der Waals surface area contributed by atoms with Crippen LogP contribution in [-0.4, -0.2) is 43.5 Å². The maximum atomic E-state index is 12.3. The molecule has 26 heavy (non-hydrogen) atoms. The number of rotatable bonds is 9. The Balaban J connectivity index is 1.58. The molecule has 1 N–H and O–H groups in total. The Morgan fingerprint density at radius 2 is 1.77 bits per heavy atom. The van der Waals surface area contributed by atoms with Crippen LogP contribution < -0.4 is 5.32 Å². The van der Waals surface area contributed by atoms with E-state index in [1.165, 1.54) is 5.56 Å². The zero-order valence-corrected chi connectivity index (χ0v) is 15.4. The van der Waals surface area contributed by atoms with Crippen molar-refractivity contribution in [2.75, 3.05) is 32.8 Å². The van der Waals surface area contributed by atoms with E-state index in [0.29, 0.717) is 24.1 Å². The molecule has 0 bridgehead atoms. The summed E-state index contributed by atoms with van der Waals surface area (Å²) in [5.41, 5.74) is 1.22. The number of thioether (sulfide) groups is 1. The minimum atomic E-state index is -2.38. The molecule has 0 radical (unpaired) electrons. The van der Waals surface area contributed by atoms with Gasteiger partial charge in [-0.05, 0) is 17.7 Å². The molecule has 2 aromatic rings. The van der Waals surface area contributed by atoms with Gasteiger partial charge in [0.1, 0.15) is 11.5 Å². The number of ether oxygens (including phenoxy) is 1. The van der Waals surface area contributed by atoms with Crippen molar-refractivity contribution < 1.29 is 17.9 Å². The second-order valence-electron chi connectivity index (χ2n) is 6.20. The summed E-state index contributed by atoms with van der Waals surface area (Å²) in [5, 5.41) is 3.55. The van der Waals surface area contributed by atoms with Gasteiger partial charge in [0.2, 0.25) is 0 Å². The van der Waals surface area contributed by atoms with Gasteiger partial charge in [0.15, 0.2) is 0 Å². The van der Waals surface area contributed by atoms with Crippen LogP contribution in [0.5, 0.6) is 0 Å². The zero-order valence-electron chi connectivity index (χ0n) is 14.6. The molecule has 4 nitrogen and oxygen atoms in total. The van der Waals surface area contributed by atoms with E-state index in [0.717, 1.165) is 38.6 Å². The molecule has 0 aliphatic carbocycles. The van der Waals surface area contributed by atoms with Crippen molar-refractivity contribution in [2.45, 2.75) is 24.1 Å². The van der Waals surface area contributed by atoms with Crippen LogP contribution in [0.3, 0.4) is 0 Å². The van der Waals surface area contributed by atoms with Crippen LogP contribution >= 0.6 is 11.8 Å². The summed E-state index contributed by atoms with van der Waals surface area (Å²) < 4.78 is 35.7. The lowest BCUT2D eigenvalue weighted by Gasteiger charge is -2.31. The molecule has 0 amide bonds. The predicted molar refractivity (Wildman–Crippen MR) is 99.3 cm³/mol. The summed E-state index contributed by atoms with van der Waals surface area (Å²) in [6.45, 7) is 4.85. The standard InChI is InChI=1S/C19H24F2N2O2S/c20-19(21)26-14-17-7-6-16(25-17)12-22-18(15-4-2-1-3-5-15)13-23-8-10-24-11-9-23/h1-7,18-19,22H,8-14H2. The van der Waals surface area contributed by atoms with E-state index >= 15 is 0 Å². The van der Waals surface area contributed by atoms with Gasteiger partial charge in [0, 0.05) is 25.7 Å². The van der Waals surface area contributed by atoms with E-state index in [1.54, 1.807) is 6.07 Å². The van der Waals surface area contributed by atoms with Crippen molar-refractivity contribution >= 4 is 11.8 Å². The Kier molecular flexibility index (Phi) is 7.49. The van der Waals surface area contributed by atoms with E-state index in [4.69, 9.17) is 9.15 Å². The minimum Gasteiger partial charge on any atom is -0.464 e. The third kappa shape index (κ3) is 6.09. The molecule has 3 rings (SSSR count). The normalized spacial score (nSPS) is 16.9. The molecule has 7 heteroatoms. The Morgan fingerprint density at radius 3 is 2.50 bits per heavy atom. The van der Waals surface area contributed by atoms with Crippen molar-refractivity contribution in [3.05, 3.63) is 59.5 Å². The SMILES string of the molecule is FC(F)SCc1ccc(CNC(CN2CCOCC2)c2ccccc2)o1. The lowest BCUT2D eigenvalue weighted by Crippen LogP contribution is -2.41. The average molecular weight is 382 g/mol. The van der Waals surface area contributed by atoms with E-state index < -0.39 is 5.76 Å². The summed E-state index contributed by atoms with van der Waals surface area (Å²) in [6.07, 6.45) is 0. The van der Waals surface area contributed by atoms with Crippen LogP contribution in [0.1, 0.15) is 23.1 Å². The quantitative estimate of drug-likeness (QED) is 0.712. The molecule has 1 aliphatic rings. The highest BCUT2D eigenvalue weighted by Gasteiger charge is 2.18. The fourth-order valence-electron chi connectivity index (χ4n) is 2.98. The first-order valence-electron chi connectivity index (χ1n) is 8.76. The molecular formula is C19H24F2N2O2S. The molecule has 0 spiro atoms. The summed E-state index contributed by atoms with van der Waals surface area (Å²) >= 11 is 0.576. The highest BCUT2D eigenvalue weighted by atomic mass is 32.2. The molecule has 1 unspecified atom stereocenters. The van der Waals surface area contributed by atoms with Gasteiger partial charge in [-0.15, -0.1) is 0 Å². The van der Waals surface area contributed by atoms with Gasteiger partial charge in [-0.1, -0.05) is 42.1 Å². The molecule has 142 valence electrons. The fraction of sp³-hybridized carbons (Fsp3) is 0.474. The third-order valence-electron chi connectivity index (χ3n) is 4.34. The van der Waals surface area contributed by atoms with E-state index in [1.807, 2.05) is 24.3 Å². The predicted octanol–water partition coefficient (Wildman–Crippen LogP) is 3.90. The average Bonchev–Trinajstić information content (AvgIpc) is 3.13. The number of morpholine rings is 1. The molecule has 1 saturated heterocycles. The smallest absolute Gasteiger partial charge is 0.284 e. The van der Waals surface area contributed by atoms with Crippen molar-refractivity contribution in [2.24, 2.45) is 0 Å². The number of hydrogen-bond donors (Lipinski definition) is 1. The number of alkyl halides is 2. The van der Waals surface area contributed by atoms with Gasteiger partial charge in [-0.3, -0.25) is 4.90 Å². The zero-order chi connectivity index (χ0) is 18.2. The van der Waals surface area contributed by atoms with E-state index in [9.17, 15) is 8.78 Å². The van der Waals surface area contributed by atoms with Crippen molar-refractivity contribution in [1.82, 2.24) is 10.2 Å². The topological polar surface area (TPSA) is 37.6 Å². The highest BCUT2D eigenvalue weighted by molar-refractivity contribution is 7.98. The highest BCUT2D eigenvalue weighted by Crippen LogP contribution is 2.22. The molecule has 0 saturated carbocycles. The van der Waals surface area contributed by atoms with Crippen molar-refractivity contribution in [3.8, 4) is 0 Å². The molecule has 1 fully saturated rings. The Hall–Kier alpha value is -1.41. The molecular weight excluding hydrogens is 358 g/mol. The van der Waals surface area contributed by atoms with Crippen LogP contribution in [0.4, 0.5) is 8.78 Å². The number of furan rings is 1. The molecule has 2 heterocycles. The van der Waals surface area contributed by atoms with E-state index in [2.05, 4.69) is 22.3 Å². The van der Waals surface area contributed by atoms with Gasteiger partial charge >= 0.3 is 0 Å². The number of benzene rings is 1. The molecule has 1 aliphatic heterocycles. The number of nitrogens with zero attached hydrogens (tertiary/aromatic N) is 1. The second-order valence-corrected chi connectivity index (χ2v) is 7.18. The molecule has 1 atom stereocenters. The Morgan fingerprint density at radius 1 is 1.04 bits per heavy atom. The van der Waals surface area contributed by atoms with Crippen molar-refractivity contribution in [3.63, 3.8) is 0 Å². The van der Waals surface area contributed by atoms with Crippen LogP contribution in [0.2, 0.25) is 0 Å². The van der Waals surface area contributed by atoms with Gasteiger partial charge in [0.25, 0.3) is 5.76 Å². The van der Waals surface area contributed by atoms with Gasteiger partial charge < -0.3 is 14.5 Å². The summed E-state index contributed by atoms with van der Waals surface area (Å²) in [5.74, 6) is -0.847. The monoisotopic (exact) mass is 382 g/mol. The minimum absolute atomic E-state index is 0.165. The number of halogens is 2. The first-order valence-corrected chi connectivity index (χ1v) is 9.81. The van der Waals surface area contributed by atoms with Crippen LogP contribution in [0.25, 0.3) is 0 Å². The van der Waals surface area contributed by atoms with Gasteiger partial charge in [0.05, 0.1) is 25.5 Å². The summed E-state index contributed by atoms with van der Waals surface area (Å²) in [4.78, 5) is 2.39. The maximum absolute atomic E-state index is 12.3. The third-order valence-corrected chi connectivity index (χ3v) is 5.04. The first kappa shape index (κ1) is 19.4. The lowest BCUT2D eigenvalue weighted by atomic mass is 10.1. The summed E-state index contributed by atoms with van der Waals surface area (Å²) in [6, 6.07) is 14.1. The number of nitrogens with one attached hydrogen (secondary N) is 1. The van der Waals surface area contributed by atoms with Crippen LogP contribution in [0.15, 0.2) is 46.9 Å². The number of hydrogen-bond acceptors (Lipinski definition) is 5. The second kappa shape index (κ2) is 10.1. The van der Waals surface area contributed by atoms with Gasteiger partial charge in [-0.25, -0.2) is 0 Å². The first-order chi connectivity index (χ1) is 12.7. The van der Waals surface area contributed by atoms with Crippen LogP contribution in [0, 0.1) is 0 Å². The summed E-state index contributed by atoms with van der Waals surface area (Å²) in [7, 11) is 0. The Bertz CT molecular complexity index is 648. The fourth-order valence-corrected chi connectivity index (χ4v) is 3.42. The van der Waals surface area contributed by atoms with E-state index in [-0.39, 0.29) is 11.8 Å². The maximum Gasteiger partial charge on any atom is 0.284 e. The molecule has 1 aromatic heterocycles. The largest absolute Gasteiger partial charge is 0.464 e. The molecule has 1 aromatic carbocycles.